The summed E-state index contributed by atoms with van der Waals surface area (Å²) in [5, 5.41) is 0. The number of hydrogen-bond acceptors (Lipinski definition) is 7. The molecule has 0 aliphatic carbocycles. The molecule has 1 fully saturated rings. The molecule has 0 saturated carbocycles. The lowest BCUT2D eigenvalue weighted by Crippen LogP contribution is -2.37. The fraction of sp³-hybridized carbons (Fsp3) is 0.346. The van der Waals surface area contributed by atoms with Gasteiger partial charge >= 0.3 is 0 Å². The van der Waals surface area contributed by atoms with Crippen molar-refractivity contribution in [3.63, 3.8) is 0 Å². The maximum atomic E-state index is 13.3. The molecule has 36 heavy (non-hydrogen) atoms. The van der Waals surface area contributed by atoms with Gasteiger partial charge in [-0.25, -0.2) is 8.42 Å². The molecule has 1 N–H and O–H groups in total. The summed E-state index contributed by atoms with van der Waals surface area (Å²) in [6.45, 7) is 1.35. The van der Waals surface area contributed by atoms with Gasteiger partial charge in [0.05, 0.1) is 24.4 Å². The topological polar surface area (TPSA) is 101 Å². The molecule has 0 radical (unpaired) electrons. The Hall–Kier alpha value is -3.50. The molecule has 10 heteroatoms. The van der Waals surface area contributed by atoms with Crippen LogP contribution in [0.4, 0.5) is 11.4 Å². The van der Waals surface area contributed by atoms with E-state index in [1.165, 1.54) is 25.5 Å². The average molecular weight is 514 g/mol. The van der Waals surface area contributed by atoms with Gasteiger partial charge in [0.1, 0.15) is 5.75 Å². The van der Waals surface area contributed by atoms with Crippen LogP contribution in [0.1, 0.15) is 29.0 Å². The summed E-state index contributed by atoms with van der Waals surface area (Å²) in [4.78, 5) is 17.0. The first-order valence-corrected chi connectivity index (χ1v) is 13.2. The molecule has 0 spiro atoms. The number of sulfonamides is 1. The van der Waals surface area contributed by atoms with E-state index in [9.17, 15) is 13.2 Å². The summed E-state index contributed by atoms with van der Waals surface area (Å²) < 4.78 is 44.9. The molecule has 1 aromatic heterocycles. The van der Waals surface area contributed by atoms with E-state index in [0.717, 1.165) is 24.1 Å². The Kier molecular flexibility index (Phi) is 7.85. The van der Waals surface area contributed by atoms with Crippen molar-refractivity contribution >= 4 is 27.3 Å². The van der Waals surface area contributed by atoms with Crippen molar-refractivity contribution in [2.75, 3.05) is 44.0 Å². The van der Waals surface area contributed by atoms with Crippen LogP contribution in [0.5, 0.6) is 5.75 Å². The number of carbonyl (C=O) groups excluding carboxylic acids is 1. The summed E-state index contributed by atoms with van der Waals surface area (Å²) in [6.07, 6.45) is 3.25. The van der Waals surface area contributed by atoms with Crippen molar-refractivity contribution in [1.29, 1.82) is 0 Å². The number of hydrogen-bond donors (Lipinski definition) is 1. The van der Waals surface area contributed by atoms with E-state index in [2.05, 4.69) is 4.72 Å². The van der Waals surface area contributed by atoms with E-state index in [-0.39, 0.29) is 29.2 Å². The number of carbonyl (C=O) groups is 1. The van der Waals surface area contributed by atoms with Crippen LogP contribution in [0.15, 0.2) is 70.2 Å². The minimum absolute atomic E-state index is 0.0523. The molecule has 1 unspecified atom stereocenters. The zero-order valence-electron chi connectivity index (χ0n) is 20.6. The van der Waals surface area contributed by atoms with Gasteiger partial charge in [-0.15, -0.1) is 0 Å². The van der Waals surface area contributed by atoms with E-state index in [1.807, 2.05) is 25.1 Å². The van der Waals surface area contributed by atoms with Gasteiger partial charge in [0.2, 0.25) is 0 Å². The molecule has 4 rings (SSSR count). The average Bonchev–Trinajstić information content (AvgIpc) is 3.58. The lowest BCUT2D eigenvalue weighted by Gasteiger charge is -2.27. The number of ether oxygens (including phenoxy) is 2. The molecule has 192 valence electrons. The predicted molar refractivity (Wildman–Crippen MR) is 137 cm³/mol. The van der Waals surface area contributed by atoms with E-state index >= 15 is 0 Å². The molecule has 1 saturated heterocycles. The minimum atomic E-state index is -3.82. The Morgan fingerprint density at radius 1 is 1.14 bits per heavy atom. The van der Waals surface area contributed by atoms with Crippen molar-refractivity contribution in [2.45, 2.75) is 30.4 Å². The van der Waals surface area contributed by atoms with E-state index in [1.54, 1.807) is 41.3 Å². The van der Waals surface area contributed by atoms with Gasteiger partial charge in [0.15, 0.2) is 5.76 Å². The number of benzene rings is 2. The van der Waals surface area contributed by atoms with Crippen molar-refractivity contribution in [2.24, 2.45) is 0 Å². The van der Waals surface area contributed by atoms with Crippen LogP contribution < -0.4 is 14.4 Å². The fourth-order valence-electron chi connectivity index (χ4n) is 4.20. The van der Waals surface area contributed by atoms with Crippen LogP contribution in [-0.2, 0) is 21.3 Å². The third-order valence-electron chi connectivity index (χ3n) is 6.01. The Bertz CT molecular complexity index is 1270. The second-order valence-electron chi connectivity index (χ2n) is 8.82. The Morgan fingerprint density at radius 3 is 2.53 bits per heavy atom. The van der Waals surface area contributed by atoms with E-state index in [4.69, 9.17) is 13.9 Å². The van der Waals surface area contributed by atoms with Crippen LogP contribution in [0.25, 0.3) is 0 Å². The molecule has 1 aliphatic rings. The number of methoxy groups -OCH3 is 1. The predicted octanol–water partition coefficient (Wildman–Crippen LogP) is 3.98. The van der Waals surface area contributed by atoms with Gasteiger partial charge in [0.25, 0.3) is 15.9 Å². The summed E-state index contributed by atoms with van der Waals surface area (Å²) >= 11 is 0. The highest BCUT2D eigenvalue weighted by Gasteiger charge is 2.26. The molecular weight excluding hydrogens is 482 g/mol. The number of anilines is 2. The highest BCUT2D eigenvalue weighted by Crippen LogP contribution is 2.28. The van der Waals surface area contributed by atoms with Crippen molar-refractivity contribution in [1.82, 2.24) is 4.90 Å². The molecule has 0 bridgehead atoms. The molecule has 9 nitrogen and oxygen atoms in total. The quantitative estimate of drug-likeness (QED) is 0.438. The number of rotatable bonds is 10. The van der Waals surface area contributed by atoms with Gasteiger partial charge in [-0.2, -0.15) is 0 Å². The molecule has 2 heterocycles. The van der Waals surface area contributed by atoms with Crippen LogP contribution in [0, 0.1) is 0 Å². The van der Waals surface area contributed by atoms with Crippen LogP contribution >= 0.6 is 0 Å². The molecule has 3 aromatic rings. The summed E-state index contributed by atoms with van der Waals surface area (Å²) in [5.74, 6) is 0.569. The maximum Gasteiger partial charge on any atom is 0.289 e. The first kappa shape index (κ1) is 25.6. The van der Waals surface area contributed by atoms with Crippen molar-refractivity contribution in [3.8, 4) is 5.75 Å². The van der Waals surface area contributed by atoms with E-state index < -0.39 is 10.0 Å². The van der Waals surface area contributed by atoms with Crippen molar-refractivity contribution in [3.05, 3.63) is 72.2 Å². The van der Waals surface area contributed by atoms with Crippen LogP contribution in [-0.4, -0.2) is 59.7 Å². The standard InChI is InChI=1S/C26H31N3O6S/c1-28(2)24-13-8-20(27-36(31,32)23-11-9-21(33-3)10-12-23)16-19(24)17-29(18-22-6-4-14-34-22)26(30)25-7-5-15-35-25/h5,7-13,15-16,22,27H,4,6,14,17-18H2,1-3H3. The maximum absolute atomic E-state index is 13.3. The number of amides is 1. The Balaban J connectivity index is 1.62. The summed E-state index contributed by atoms with van der Waals surface area (Å²) in [7, 11) is 1.50. The zero-order valence-corrected chi connectivity index (χ0v) is 21.5. The largest absolute Gasteiger partial charge is 0.497 e. The summed E-state index contributed by atoms with van der Waals surface area (Å²) in [6, 6.07) is 14.8. The lowest BCUT2D eigenvalue weighted by atomic mass is 10.1. The molecule has 1 amide bonds. The second kappa shape index (κ2) is 11.0. The SMILES string of the molecule is COc1ccc(S(=O)(=O)Nc2ccc(N(C)C)c(CN(CC3CCCO3)C(=O)c3ccco3)c2)cc1. The van der Waals surface area contributed by atoms with Crippen LogP contribution in [0.2, 0.25) is 0 Å². The van der Waals surface area contributed by atoms with Gasteiger partial charge in [-0.1, -0.05) is 0 Å². The second-order valence-corrected chi connectivity index (χ2v) is 10.5. The zero-order chi connectivity index (χ0) is 25.7. The van der Waals surface area contributed by atoms with E-state index in [0.29, 0.717) is 24.6 Å². The minimum Gasteiger partial charge on any atom is -0.497 e. The van der Waals surface area contributed by atoms with Crippen LogP contribution in [0.3, 0.4) is 0 Å². The number of furan rings is 1. The summed E-state index contributed by atoms with van der Waals surface area (Å²) in [5.41, 5.74) is 2.05. The Labute approximate surface area is 211 Å². The highest BCUT2D eigenvalue weighted by molar-refractivity contribution is 7.92. The molecular formula is C26H31N3O6S. The molecule has 1 atom stereocenters. The fourth-order valence-corrected chi connectivity index (χ4v) is 5.25. The number of nitrogens with zero attached hydrogens (tertiary/aromatic N) is 2. The normalized spacial score (nSPS) is 15.5. The molecule has 2 aromatic carbocycles. The molecule has 1 aliphatic heterocycles. The lowest BCUT2D eigenvalue weighted by molar-refractivity contribution is 0.0484. The number of nitrogens with one attached hydrogen (secondary N) is 1. The van der Waals surface area contributed by atoms with Crippen molar-refractivity contribution < 1.29 is 27.1 Å². The van der Waals surface area contributed by atoms with Gasteiger partial charge in [-0.05, 0) is 73.0 Å². The Morgan fingerprint density at radius 2 is 1.92 bits per heavy atom. The first-order chi connectivity index (χ1) is 17.3. The smallest absolute Gasteiger partial charge is 0.289 e. The first-order valence-electron chi connectivity index (χ1n) is 11.7. The van der Waals surface area contributed by atoms with Gasteiger partial charge < -0.3 is 23.7 Å². The monoisotopic (exact) mass is 513 g/mol. The third kappa shape index (κ3) is 6.00. The highest BCUT2D eigenvalue weighted by atomic mass is 32.2. The van der Waals surface area contributed by atoms with Gasteiger partial charge in [0, 0.05) is 45.2 Å². The van der Waals surface area contributed by atoms with Gasteiger partial charge in [-0.3, -0.25) is 9.52 Å². The third-order valence-corrected chi connectivity index (χ3v) is 7.41.